The molecule has 2 aromatic rings. The van der Waals surface area contributed by atoms with E-state index in [4.69, 9.17) is 16.3 Å². The summed E-state index contributed by atoms with van der Waals surface area (Å²) >= 11 is 5.77. The van der Waals surface area contributed by atoms with Crippen LogP contribution < -0.4 is 5.32 Å². The molecule has 9 heteroatoms. The fraction of sp³-hybridized carbons (Fsp3) is 0.238. The zero-order valence-corrected chi connectivity index (χ0v) is 18.2. The van der Waals surface area contributed by atoms with Crippen LogP contribution in [0, 0.1) is 0 Å². The molecule has 0 saturated carbocycles. The summed E-state index contributed by atoms with van der Waals surface area (Å²) in [6.07, 6.45) is 2.65. The van der Waals surface area contributed by atoms with E-state index in [-0.39, 0.29) is 4.90 Å². The third-order valence-corrected chi connectivity index (χ3v) is 6.42. The van der Waals surface area contributed by atoms with E-state index in [9.17, 15) is 18.0 Å². The second-order valence-corrected chi connectivity index (χ2v) is 8.53. The summed E-state index contributed by atoms with van der Waals surface area (Å²) in [6, 6.07) is 12.7. The van der Waals surface area contributed by atoms with Gasteiger partial charge in [-0.1, -0.05) is 37.6 Å². The first-order chi connectivity index (χ1) is 14.3. The molecule has 0 spiro atoms. The summed E-state index contributed by atoms with van der Waals surface area (Å²) in [5.41, 5.74) is 1.16. The first-order valence-electron chi connectivity index (χ1n) is 9.26. The van der Waals surface area contributed by atoms with Gasteiger partial charge in [0.15, 0.2) is 6.61 Å². The van der Waals surface area contributed by atoms with Gasteiger partial charge in [0.05, 0.1) is 4.90 Å². The number of carbonyl (C=O) groups is 2. The van der Waals surface area contributed by atoms with Crippen LogP contribution in [0.4, 0.5) is 5.69 Å². The van der Waals surface area contributed by atoms with Gasteiger partial charge in [-0.15, -0.1) is 0 Å². The smallest absolute Gasteiger partial charge is 0.331 e. The van der Waals surface area contributed by atoms with E-state index in [1.807, 2.05) is 0 Å². The van der Waals surface area contributed by atoms with Crippen molar-refractivity contribution in [1.29, 1.82) is 0 Å². The van der Waals surface area contributed by atoms with Crippen LogP contribution in [-0.2, 0) is 24.3 Å². The number of nitrogens with one attached hydrogen (secondary N) is 1. The predicted molar refractivity (Wildman–Crippen MR) is 117 cm³/mol. The number of carbonyl (C=O) groups excluding carboxylic acids is 2. The SMILES string of the molecule is CCN(CC)S(=O)(=O)c1ccc(/C=C/C(=O)OCC(=O)Nc2ccc(Cl)cc2)cc1. The van der Waals surface area contributed by atoms with Gasteiger partial charge < -0.3 is 10.1 Å². The molecule has 0 aliphatic heterocycles. The van der Waals surface area contributed by atoms with Crippen molar-refractivity contribution in [3.8, 4) is 0 Å². The lowest BCUT2D eigenvalue weighted by atomic mass is 10.2. The fourth-order valence-electron chi connectivity index (χ4n) is 2.54. The normalized spacial score (nSPS) is 11.6. The standard InChI is InChI=1S/C21H23ClN2O5S/c1-3-24(4-2)30(27,28)19-12-5-16(6-13-19)7-14-21(26)29-15-20(25)23-18-10-8-17(22)9-11-18/h5-14H,3-4,15H2,1-2H3,(H,23,25)/b14-7+. The molecule has 160 valence electrons. The van der Waals surface area contributed by atoms with Gasteiger partial charge in [0.25, 0.3) is 5.91 Å². The minimum absolute atomic E-state index is 0.185. The Morgan fingerprint density at radius 3 is 2.20 bits per heavy atom. The summed E-state index contributed by atoms with van der Waals surface area (Å²) < 4.78 is 31.2. The van der Waals surface area contributed by atoms with Crippen LogP contribution >= 0.6 is 11.6 Å². The first kappa shape index (κ1) is 23.6. The molecule has 2 rings (SSSR count). The molecule has 0 aliphatic carbocycles. The lowest BCUT2D eigenvalue weighted by Crippen LogP contribution is -2.30. The molecular weight excluding hydrogens is 428 g/mol. The number of hydrogen-bond donors (Lipinski definition) is 1. The Balaban J connectivity index is 1.88. The van der Waals surface area contributed by atoms with E-state index in [0.29, 0.717) is 29.4 Å². The molecular formula is C21H23ClN2O5S. The molecule has 0 heterocycles. The number of esters is 1. The van der Waals surface area contributed by atoms with E-state index < -0.39 is 28.5 Å². The molecule has 0 atom stereocenters. The summed E-state index contributed by atoms with van der Waals surface area (Å²) in [5, 5.41) is 3.12. The zero-order chi connectivity index (χ0) is 22.1. The summed E-state index contributed by atoms with van der Waals surface area (Å²) in [5.74, 6) is -1.17. The number of nitrogens with zero attached hydrogens (tertiary/aromatic N) is 1. The number of sulfonamides is 1. The van der Waals surface area contributed by atoms with Crippen molar-refractivity contribution < 1.29 is 22.7 Å². The third-order valence-electron chi connectivity index (χ3n) is 4.11. The average molecular weight is 451 g/mol. The maximum atomic E-state index is 12.5. The lowest BCUT2D eigenvalue weighted by Gasteiger charge is -2.18. The average Bonchev–Trinajstić information content (AvgIpc) is 2.73. The van der Waals surface area contributed by atoms with E-state index >= 15 is 0 Å². The summed E-state index contributed by atoms with van der Waals surface area (Å²) in [6.45, 7) is 3.89. The molecule has 0 saturated heterocycles. The van der Waals surface area contributed by atoms with Crippen molar-refractivity contribution in [1.82, 2.24) is 4.31 Å². The van der Waals surface area contributed by atoms with Gasteiger partial charge in [0.1, 0.15) is 0 Å². The highest BCUT2D eigenvalue weighted by molar-refractivity contribution is 7.89. The molecule has 0 fully saturated rings. The number of hydrogen-bond acceptors (Lipinski definition) is 5. The highest BCUT2D eigenvalue weighted by Gasteiger charge is 2.20. The second kappa shape index (κ2) is 10.9. The minimum Gasteiger partial charge on any atom is -0.452 e. The van der Waals surface area contributed by atoms with E-state index in [1.165, 1.54) is 28.6 Å². The Morgan fingerprint density at radius 2 is 1.63 bits per heavy atom. The Bertz CT molecular complexity index is 999. The summed E-state index contributed by atoms with van der Waals surface area (Å²) in [7, 11) is -3.53. The van der Waals surface area contributed by atoms with Crippen molar-refractivity contribution in [2.24, 2.45) is 0 Å². The number of benzene rings is 2. The van der Waals surface area contributed by atoms with Crippen molar-refractivity contribution >= 4 is 45.3 Å². The maximum Gasteiger partial charge on any atom is 0.331 e. The molecule has 7 nitrogen and oxygen atoms in total. The number of ether oxygens (including phenoxy) is 1. The van der Waals surface area contributed by atoms with Crippen molar-refractivity contribution in [3.05, 3.63) is 65.2 Å². The van der Waals surface area contributed by atoms with Crippen LogP contribution in [0.3, 0.4) is 0 Å². The summed E-state index contributed by atoms with van der Waals surface area (Å²) in [4.78, 5) is 23.8. The van der Waals surface area contributed by atoms with Crippen molar-refractivity contribution in [3.63, 3.8) is 0 Å². The zero-order valence-electron chi connectivity index (χ0n) is 16.7. The van der Waals surface area contributed by atoms with Gasteiger partial charge in [-0.3, -0.25) is 4.79 Å². The molecule has 0 radical (unpaired) electrons. The van der Waals surface area contributed by atoms with Gasteiger partial charge in [-0.2, -0.15) is 4.31 Å². The molecule has 0 unspecified atom stereocenters. The Kier molecular flexibility index (Phi) is 8.58. The van der Waals surface area contributed by atoms with E-state index in [1.54, 1.807) is 50.2 Å². The number of amides is 1. The molecule has 0 aromatic heterocycles. The molecule has 0 bridgehead atoms. The van der Waals surface area contributed by atoms with Crippen LogP contribution in [-0.4, -0.2) is 44.3 Å². The molecule has 2 aromatic carbocycles. The molecule has 1 N–H and O–H groups in total. The fourth-order valence-corrected chi connectivity index (χ4v) is 4.13. The van der Waals surface area contributed by atoms with E-state index in [2.05, 4.69) is 5.32 Å². The lowest BCUT2D eigenvalue weighted by molar-refractivity contribution is -0.142. The second-order valence-electron chi connectivity index (χ2n) is 6.15. The Hall–Kier alpha value is -2.68. The monoisotopic (exact) mass is 450 g/mol. The predicted octanol–water partition coefficient (Wildman–Crippen LogP) is 3.57. The molecule has 0 aliphatic rings. The van der Waals surface area contributed by atoms with Gasteiger partial charge >= 0.3 is 5.97 Å². The van der Waals surface area contributed by atoms with Crippen LogP contribution in [0.2, 0.25) is 5.02 Å². The quantitative estimate of drug-likeness (QED) is 0.465. The topological polar surface area (TPSA) is 92.8 Å². The van der Waals surface area contributed by atoms with Crippen LogP contribution in [0.1, 0.15) is 19.4 Å². The highest BCUT2D eigenvalue weighted by Crippen LogP contribution is 2.17. The van der Waals surface area contributed by atoms with Gasteiger partial charge in [-0.25, -0.2) is 13.2 Å². The highest BCUT2D eigenvalue weighted by atomic mass is 35.5. The third kappa shape index (κ3) is 6.69. The van der Waals surface area contributed by atoms with Crippen molar-refractivity contribution in [2.75, 3.05) is 25.0 Å². The number of anilines is 1. The number of halogens is 1. The largest absolute Gasteiger partial charge is 0.452 e. The van der Waals surface area contributed by atoms with Crippen molar-refractivity contribution in [2.45, 2.75) is 18.7 Å². The number of rotatable bonds is 9. The Morgan fingerprint density at radius 1 is 1.03 bits per heavy atom. The first-order valence-corrected chi connectivity index (χ1v) is 11.1. The van der Waals surface area contributed by atoms with Crippen LogP contribution in [0.5, 0.6) is 0 Å². The molecule has 1 amide bonds. The van der Waals surface area contributed by atoms with Gasteiger partial charge in [0, 0.05) is 29.9 Å². The van der Waals surface area contributed by atoms with Gasteiger partial charge in [-0.05, 0) is 48.0 Å². The van der Waals surface area contributed by atoms with Crippen LogP contribution in [0.25, 0.3) is 6.08 Å². The van der Waals surface area contributed by atoms with E-state index in [0.717, 1.165) is 0 Å². The maximum absolute atomic E-state index is 12.5. The van der Waals surface area contributed by atoms with Crippen LogP contribution in [0.15, 0.2) is 59.5 Å². The van der Waals surface area contributed by atoms with Gasteiger partial charge in [0.2, 0.25) is 10.0 Å². The Labute approximate surface area is 181 Å². The molecule has 30 heavy (non-hydrogen) atoms. The minimum atomic E-state index is -3.53.